The van der Waals surface area contributed by atoms with Crippen molar-refractivity contribution in [2.24, 2.45) is 0 Å². The van der Waals surface area contributed by atoms with Crippen molar-refractivity contribution in [2.45, 2.75) is 79.3 Å². The van der Waals surface area contributed by atoms with Crippen molar-refractivity contribution in [2.75, 3.05) is 42.5 Å². The Hall–Kier alpha value is -3.31. The number of carboxylic acid groups (broad SMARTS) is 1. The molecule has 3 rings (SSSR count). The van der Waals surface area contributed by atoms with Gasteiger partial charge in [0.1, 0.15) is 0 Å². The summed E-state index contributed by atoms with van der Waals surface area (Å²) in [6.07, 6.45) is 4.94. The Labute approximate surface area is 248 Å². The maximum atomic E-state index is 12.8. The number of para-hydroxylation sites is 1. The molecule has 0 amide bonds. The number of benzene rings is 3. The van der Waals surface area contributed by atoms with Crippen molar-refractivity contribution in [1.82, 2.24) is 4.90 Å². The molecule has 3 aromatic rings. The number of unbranched alkanes of at least 4 members (excludes halogenated alkanes) is 2. The Kier molecular flexibility index (Phi) is 12.7. The van der Waals surface area contributed by atoms with Gasteiger partial charge in [0.25, 0.3) is 0 Å². The largest absolute Gasteiger partial charge is 0.478 e. The van der Waals surface area contributed by atoms with Gasteiger partial charge in [-0.25, -0.2) is 4.79 Å². The first-order chi connectivity index (χ1) is 19.9. The number of aromatic carboxylic acids is 1. The third-order valence-corrected chi connectivity index (χ3v) is 8.31. The van der Waals surface area contributed by atoms with Gasteiger partial charge in [-0.2, -0.15) is 0 Å². The molecule has 0 bridgehead atoms. The molecule has 0 heterocycles. The molecular weight excluding hydrogens is 506 g/mol. The molecule has 222 valence electrons. The molecule has 2 unspecified atom stereocenters. The smallest absolute Gasteiger partial charge is 0.336 e. The van der Waals surface area contributed by atoms with Crippen LogP contribution >= 0.6 is 0 Å². The zero-order valence-electron chi connectivity index (χ0n) is 26.1. The SMILES string of the molecule is CCCCN(CCCC)C(C)N(CC)c1ccccc1C(c1ccccc1)c1ccc(N(CC)CC)cc1C(=O)O. The molecule has 0 saturated carbocycles. The topological polar surface area (TPSA) is 47.0 Å². The average Bonchev–Trinajstić information content (AvgIpc) is 3.00. The molecule has 0 aliphatic rings. The van der Waals surface area contributed by atoms with Crippen molar-refractivity contribution >= 4 is 17.3 Å². The van der Waals surface area contributed by atoms with Gasteiger partial charge in [0, 0.05) is 50.0 Å². The Balaban J connectivity index is 2.20. The molecule has 41 heavy (non-hydrogen) atoms. The fourth-order valence-corrected chi connectivity index (χ4v) is 5.97. The number of anilines is 2. The van der Waals surface area contributed by atoms with Crippen LogP contribution in [0.15, 0.2) is 72.8 Å². The summed E-state index contributed by atoms with van der Waals surface area (Å²) in [7, 11) is 0. The standard InChI is InChI=1S/C36H51N3O2/c1-7-12-25-38(26-13-8-2)28(6)39(11-5)34-22-18-17-21-32(34)35(29-19-15-14-16-20-29)31-24-23-30(37(9-3)10-4)27-33(31)36(40)41/h14-24,27-28,35H,7-13,25-26H2,1-6H3,(H,40,41). The first-order valence-corrected chi connectivity index (χ1v) is 15.7. The van der Waals surface area contributed by atoms with E-state index >= 15 is 0 Å². The molecule has 0 fully saturated rings. The quantitative estimate of drug-likeness (QED) is 0.133. The highest BCUT2D eigenvalue weighted by molar-refractivity contribution is 5.91. The van der Waals surface area contributed by atoms with Crippen molar-refractivity contribution in [3.63, 3.8) is 0 Å². The molecule has 1 N–H and O–H groups in total. The van der Waals surface area contributed by atoms with Crippen LogP contribution in [0.4, 0.5) is 11.4 Å². The summed E-state index contributed by atoms with van der Waals surface area (Å²) in [6, 6.07) is 25.0. The summed E-state index contributed by atoms with van der Waals surface area (Å²) in [4.78, 5) is 20.1. The van der Waals surface area contributed by atoms with Gasteiger partial charge in [-0.05, 0) is 75.4 Å². The first kappa shape index (κ1) is 32.2. The van der Waals surface area contributed by atoms with Gasteiger partial charge in [0.2, 0.25) is 0 Å². The van der Waals surface area contributed by atoms with Crippen molar-refractivity contribution < 1.29 is 9.90 Å². The van der Waals surface area contributed by atoms with E-state index in [2.05, 4.69) is 98.7 Å². The number of hydrogen-bond donors (Lipinski definition) is 1. The number of hydrogen-bond acceptors (Lipinski definition) is 4. The van der Waals surface area contributed by atoms with E-state index in [4.69, 9.17) is 0 Å². The van der Waals surface area contributed by atoms with Crippen molar-refractivity contribution in [3.8, 4) is 0 Å². The van der Waals surface area contributed by atoms with Crippen LogP contribution in [-0.2, 0) is 0 Å². The number of nitrogens with zero attached hydrogens (tertiary/aromatic N) is 3. The van der Waals surface area contributed by atoms with E-state index in [0.29, 0.717) is 5.56 Å². The Morgan fingerprint density at radius 3 is 1.93 bits per heavy atom. The maximum absolute atomic E-state index is 12.8. The van der Waals surface area contributed by atoms with Crippen LogP contribution in [0.25, 0.3) is 0 Å². The van der Waals surface area contributed by atoms with Gasteiger partial charge in [0.15, 0.2) is 0 Å². The van der Waals surface area contributed by atoms with Gasteiger partial charge in [0.05, 0.1) is 11.7 Å². The molecule has 5 nitrogen and oxygen atoms in total. The monoisotopic (exact) mass is 557 g/mol. The zero-order chi connectivity index (χ0) is 29.8. The maximum Gasteiger partial charge on any atom is 0.336 e. The summed E-state index contributed by atoms with van der Waals surface area (Å²) >= 11 is 0. The van der Waals surface area contributed by atoms with Crippen LogP contribution < -0.4 is 9.80 Å². The number of carbonyl (C=O) groups is 1. The third kappa shape index (κ3) is 7.91. The average molecular weight is 558 g/mol. The minimum absolute atomic E-state index is 0.217. The van der Waals surface area contributed by atoms with Gasteiger partial charge in [-0.1, -0.05) is 81.3 Å². The van der Waals surface area contributed by atoms with Crippen molar-refractivity contribution in [1.29, 1.82) is 0 Å². The number of rotatable bonds is 17. The van der Waals surface area contributed by atoms with Crippen LogP contribution in [0.5, 0.6) is 0 Å². The molecular formula is C36H51N3O2. The fraction of sp³-hybridized carbons (Fsp3) is 0.472. The zero-order valence-corrected chi connectivity index (χ0v) is 26.1. The van der Waals surface area contributed by atoms with E-state index in [1.165, 1.54) is 31.4 Å². The van der Waals surface area contributed by atoms with Crippen molar-refractivity contribution in [3.05, 3.63) is 95.1 Å². The summed E-state index contributed by atoms with van der Waals surface area (Å²) in [5.74, 6) is -1.11. The fourth-order valence-electron chi connectivity index (χ4n) is 5.97. The lowest BCUT2D eigenvalue weighted by atomic mass is 9.81. The lowest BCUT2D eigenvalue weighted by molar-refractivity contribution is 0.0695. The van der Waals surface area contributed by atoms with E-state index in [1.54, 1.807) is 0 Å². The summed E-state index contributed by atoms with van der Waals surface area (Å²) in [5.41, 5.74) is 5.53. The van der Waals surface area contributed by atoms with Crippen LogP contribution in [0.3, 0.4) is 0 Å². The lowest BCUT2D eigenvalue weighted by Gasteiger charge is -2.40. The van der Waals surface area contributed by atoms with Gasteiger partial charge in [-0.3, -0.25) is 4.90 Å². The first-order valence-electron chi connectivity index (χ1n) is 15.7. The summed E-state index contributed by atoms with van der Waals surface area (Å²) in [5, 5.41) is 10.5. The van der Waals surface area contributed by atoms with Gasteiger partial charge < -0.3 is 14.9 Å². The summed E-state index contributed by atoms with van der Waals surface area (Å²) < 4.78 is 0. The lowest BCUT2D eigenvalue weighted by Crippen LogP contribution is -2.48. The van der Waals surface area contributed by atoms with Gasteiger partial charge >= 0.3 is 5.97 Å². The molecule has 3 aromatic carbocycles. The van der Waals surface area contributed by atoms with Crippen LogP contribution in [0, 0.1) is 0 Å². The molecule has 0 aliphatic heterocycles. The van der Waals surface area contributed by atoms with E-state index in [0.717, 1.165) is 55.1 Å². The molecule has 0 spiro atoms. The van der Waals surface area contributed by atoms with Crippen LogP contribution in [0.2, 0.25) is 0 Å². The molecule has 2 atom stereocenters. The Morgan fingerprint density at radius 2 is 1.37 bits per heavy atom. The normalized spacial score (nSPS) is 12.8. The highest BCUT2D eigenvalue weighted by atomic mass is 16.4. The second kappa shape index (κ2) is 16.2. The number of carboxylic acids is 1. The highest BCUT2D eigenvalue weighted by Gasteiger charge is 2.29. The molecule has 0 aliphatic carbocycles. The second-order valence-corrected chi connectivity index (χ2v) is 10.8. The highest BCUT2D eigenvalue weighted by Crippen LogP contribution is 2.40. The van der Waals surface area contributed by atoms with Crippen LogP contribution in [-0.4, -0.2) is 54.9 Å². The second-order valence-electron chi connectivity index (χ2n) is 10.8. The minimum atomic E-state index is -0.890. The molecule has 0 saturated heterocycles. The molecule has 0 radical (unpaired) electrons. The molecule has 5 heteroatoms. The van der Waals surface area contributed by atoms with E-state index in [-0.39, 0.29) is 12.1 Å². The predicted molar refractivity (Wildman–Crippen MR) is 175 cm³/mol. The molecule has 0 aromatic heterocycles. The van der Waals surface area contributed by atoms with Crippen LogP contribution in [0.1, 0.15) is 100 Å². The predicted octanol–water partition coefficient (Wildman–Crippen LogP) is 8.49. The summed E-state index contributed by atoms with van der Waals surface area (Å²) in [6.45, 7) is 17.9. The Bertz CT molecular complexity index is 1200. The Morgan fingerprint density at radius 1 is 0.756 bits per heavy atom. The van der Waals surface area contributed by atoms with Gasteiger partial charge in [-0.15, -0.1) is 0 Å². The van der Waals surface area contributed by atoms with E-state index in [9.17, 15) is 9.90 Å². The third-order valence-electron chi connectivity index (χ3n) is 8.31. The van der Waals surface area contributed by atoms with E-state index < -0.39 is 5.97 Å². The minimum Gasteiger partial charge on any atom is -0.478 e. The van der Waals surface area contributed by atoms with E-state index in [1.807, 2.05) is 30.3 Å².